The van der Waals surface area contributed by atoms with Crippen molar-refractivity contribution in [1.29, 1.82) is 0 Å². The van der Waals surface area contributed by atoms with Crippen LogP contribution >= 0.6 is 0 Å². The number of aliphatic hydroxyl groups is 1. The average molecular weight is 282 g/mol. The van der Waals surface area contributed by atoms with Gasteiger partial charge in [-0.3, -0.25) is 14.8 Å². The molecule has 0 unspecified atom stereocenters. The Bertz CT molecular complexity index is 502. The smallest absolute Gasteiger partial charge is 0.267 e. The zero-order valence-electron chi connectivity index (χ0n) is 11.6. The van der Waals surface area contributed by atoms with Crippen molar-refractivity contribution in [3.05, 3.63) is 21.6 Å². The van der Waals surface area contributed by atoms with Crippen LogP contribution in [-0.2, 0) is 17.6 Å². The highest BCUT2D eigenvalue weighted by Crippen LogP contribution is 2.14. The standard InChI is InChI=1S/C13H22N4O3/c18-12-10-1-4-17(5-2-11(10)15-16-12)8-13(19)7-14-3-6-20-9-13/h14,19H,1-9H2,(H2,15,16,18)/t13-/m1/s1. The lowest BCUT2D eigenvalue weighted by molar-refractivity contribution is -0.0483. The van der Waals surface area contributed by atoms with Gasteiger partial charge < -0.3 is 20.3 Å². The molecule has 7 heteroatoms. The van der Waals surface area contributed by atoms with Crippen molar-refractivity contribution in [3.63, 3.8) is 0 Å². The number of β-amino-alcohol motifs (C(OH)–C–C–N with tert-alkyl or cyclic N) is 1. The number of fused-ring (bicyclic) bond motifs is 1. The third kappa shape index (κ3) is 2.95. The molecule has 4 N–H and O–H groups in total. The molecule has 0 aromatic carbocycles. The molecule has 3 heterocycles. The summed E-state index contributed by atoms with van der Waals surface area (Å²) in [6.45, 7) is 4.53. The monoisotopic (exact) mass is 282 g/mol. The fourth-order valence-corrected chi connectivity index (χ4v) is 3.00. The van der Waals surface area contributed by atoms with Gasteiger partial charge in [0.15, 0.2) is 0 Å². The molecule has 2 aliphatic rings. The highest BCUT2D eigenvalue weighted by molar-refractivity contribution is 5.18. The quantitative estimate of drug-likeness (QED) is 0.527. The van der Waals surface area contributed by atoms with Crippen molar-refractivity contribution >= 4 is 0 Å². The van der Waals surface area contributed by atoms with E-state index in [2.05, 4.69) is 20.4 Å². The first-order valence-corrected chi connectivity index (χ1v) is 7.18. The fourth-order valence-electron chi connectivity index (χ4n) is 3.00. The zero-order valence-corrected chi connectivity index (χ0v) is 11.6. The van der Waals surface area contributed by atoms with Crippen molar-refractivity contribution in [2.45, 2.75) is 18.4 Å². The molecule has 1 aromatic heterocycles. The largest absolute Gasteiger partial charge is 0.385 e. The number of hydrogen-bond acceptors (Lipinski definition) is 5. The van der Waals surface area contributed by atoms with Gasteiger partial charge in [-0.1, -0.05) is 0 Å². The fraction of sp³-hybridized carbons (Fsp3) is 0.769. The topological polar surface area (TPSA) is 93.4 Å². The Labute approximate surface area is 117 Å². The van der Waals surface area contributed by atoms with Crippen molar-refractivity contribution in [2.24, 2.45) is 0 Å². The van der Waals surface area contributed by atoms with Crippen LogP contribution in [0.15, 0.2) is 4.79 Å². The summed E-state index contributed by atoms with van der Waals surface area (Å²) in [6.07, 6.45) is 1.52. The number of rotatable bonds is 2. The van der Waals surface area contributed by atoms with Crippen molar-refractivity contribution in [1.82, 2.24) is 20.4 Å². The summed E-state index contributed by atoms with van der Waals surface area (Å²) in [6, 6.07) is 0. The van der Waals surface area contributed by atoms with Crippen LogP contribution in [0.4, 0.5) is 0 Å². The predicted octanol–water partition coefficient (Wildman–Crippen LogP) is -1.55. The summed E-state index contributed by atoms with van der Waals surface area (Å²) in [7, 11) is 0. The predicted molar refractivity (Wildman–Crippen MR) is 73.9 cm³/mol. The molecule has 112 valence electrons. The number of nitrogens with one attached hydrogen (secondary N) is 3. The Kier molecular flexibility index (Phi) is 3.93. The average Bonchev–Trinajstić information content (AvgIpc) is 2.60. The molecule has 1 aromatic rings. The molecular formula is C13H22N4O3. The van der Waals surface area contributed by atoms with Crippen LogP contribution in [0.5, 0.6) is 0 Å². The molecule has 1 saturated heterocycles. The maximum atomic E-state index is 11.6. The lowest BCUT2D eigenvalue weighted by Crippen LogP contribution is -2.52. The van der Waals surface area contributed by atoms with Gasteiger partial charge in [-0.2, -0.15) is 0 Å². The van der Waals surface area contributed by atoms with Crippen LogP contribution < -0.4 is 10.9 Å². The van der Waals surface area contributed by atoms with Gasteiger partial charge in [0.1, 0.15) is 5.60 Å². The molecule has 1 atom stereocenters. The second-order valence-electron chi connectivity index (χ2n) is 5.77. The highest BCUT2D eigenvalue weighted by atomic mass is 16.5. The van der Waals surface area contributed by atoms with Gasteiger partial charge in [0.25, 0.3) is 5.56 Å². The minimum atomic E-state index is -0.846. The normalized spacial score (nSPS) is 28.6. The van der Waals surface area contributed by atoms with E-state index in [0.29, 0.717) is 26.3 Å². The number of ether oxygens (including phenoxy) is 1. The molecule has 7 nitrogen and oxygen atoms in total. The lowest BCUT2D eigenvalue weighted by atomic mass is 10.0. The number of hydrogen-bond donors (Lipinski definition) is 4. The van der Waals surface area contributed by atoms with Gasteiger partial charge in [-0.05, 0) is 6.42 Å². The van der Waals surface area contributed by atoms with Crippen LogP contribution in [0.2, 0.25) is 0 Å². The second kappa shape index (κ2) is 5.69. The van der Waals surface area contributed by atoms with E-state index in [1.54, 1.807) is 0 Å². The highest BCUT2D eigenvalue weighted by Gasteiger charge is 2.32. The van der Waals surface area contributed by atoms with Crippen LogP contribution in [-0.4, -0.2) is 71.7 Å². The third-order valence-electron chi connectivity index (χ3n) is 4.09. The van der Waals surface area contributed by atoms with Gasteiger partial charge >= 0.3 is 0 Å². The van der Waals surface area contributed by atoms with Crippen molar-refractivity contribution in [3.8, 4) is 0 Å². The van der Waals surface area contributed by atoms with E-state index >= 15 is 0 Å². The Balaban J connectivity index is 1.63. The van der Waals surface area contributed by atoms with Crippen molar-refractivity contribution < 1.29 is 9.84 Å². The van der Waals surface area contributed by atoms with E-state index in [1.165, 1.54) is 0 Å². The molecule has 3 rings (SSSR count). The minimum Gasteiger partial charge on any atom is -0.385 e. The SMILES string of the molecule is O=c1[nH][nH]c2c1CCN(C[C@]1(O)CNCCOC1)CC2. The zero-order chi connectivity index (χ0) is 14.0. The molecule has 1 fully saturated rings. The molecule has 20 heavy (non-hydrogen) atoms. The van der Waals surface area contributed by atoms with Crippen LogP contribution in [0.25, 0.3) is 0 Å². The molecule has 0 spiro atoms. The van der Waals surface area contributed by atoms with Gasteiger partial charge in [0, 0.05) is 50.4 Å². The number of H-pyrrole nitrogens is 2. The first-order chi connectivity index (χ1) is 9.66. The summed E-state index contributed by atoms with van der Waals surface area (Å²) in [5.74, 6) is 0. The van der Waals surface area contributed by atoms with E-state index in [0.717, 1.165) is 43.7 Å². The van der Waals surface area contributed by atoms with Crippen LogP contribution in [0.1, 0.15) is 11.3 Å². The van der Waals surface area contributed by atoms with Gasteiger partial charge in [-0.15, -0.1) is 0 Å². The molecule has 0 saturated carbocycles. The minimum absolute atomic E-state index is 0.0139. The van der Waals surface area contributed by atoms with Crippen LogP contribution in [0.3, 0.4) is 0 Å². The summed E-state index contributed by atoms with van der Waals surface area (Å²) in [5, 5.41) is 19.4. The third-order valence-corrected chi connectivity index (χ3v) is 4.09. The van der Waals surface area contributed by atoms with Gasteiger partial charge in [-0.25, -0.2) is 0 Å². The lowest BCUT2D eigenvalue weighted by Gasteiger charge is -2.32. The maximum absolute atomic E-state index is 11.6. The molecule has 0 radical (unpaired) electrons. The summed E-state index contributed by atoms with van der Waals surface area (Å²) < 4.78 is 5.45. The first kappa shape index (κ1) is 13.8. The number of aromatic nitrogens is 2. The molecule has 0 amide bonds. The van der Waals surface area contributed by atoms with Crippen LogP contribution in [0, 0.1) is 0 Å². The number of aromatic amines is 2. The van der Waals surface area contributed by atoms with E-state index in [1.807, 2.05) is 0 Å². The van der Waals surface area contributed by atoms with Gasteiger partial charge in [0.2, 0.25) is 0 Å². The number of nitrogens with zero attached hydrogens (tertiary/aromatic N) is 1. The molecule has 2 aliphatic heterocycles. The summed E-state index contributed by atoms with van der Waals surface area (Å²) in [5.41, 5.74) is 0.996. The molecule has 0 bridgehead atoms. The van der Waals surface area contributed by atoms with E-state index < -0.39 is 5.60 Å². The van der Waals surface area contributed by atoms with E-state index in [-0.39, 0.29) is 5.56 Å². The van der Waals surface area contributed by atoms with E-state index in [9.17, 15) is 9.90 Å². The van der Waals surface area contributed by atoms with Crippen molar-refractivity contribution in [2.75, 3.05) is 45.9 Å². The Morgan fingerprint density at radius 1 is 1.30 bits per heavy atom. The molecule has 0 aliphatic carbocycles. The van der Waals surface area contributed by atoms with E-state index in [4.69, 9.17) is 4.74 Å². The summed E-state index contributed by atoms with van der Waals surface area (Å²) in [4.78, 5) is 13.8. The summed E-state index contributed by atoms with van der Waals surface area (Å²) >= 11 is 0. The second-order valence-corrected chi connectivity index (χ2v) is 5.77. The Morgan fingerprint density at radius 3 is 3.05 bits per heavy atom. The molecular weight excluding hydrogens is 260 g/mol. The Morgan fingerprint density at radius 2 is 2.15 bits per heavy atom. The Hall–Kier alpha value is -1.15. The maximum Gasteiger partial charge on any atom is 0.267 e. The van der Waals surface area contributed by atoms with Gasteiger partial charge in [0.05, 0.1) is 13.2 Å². The first-order valence-electron chi connectivity index (χ1n) is 7.18.